The average molecular weight is 279 g/mol. The maximum Gasteiger partial charge on any atom is 0.0992 e. The maximum atomic E-state index is 8.76. The van der Waals surface area contributed by atoms with Gasteiger partial charge in [-0.3, -0.25) is 0 Å². The van der Waals surface area contributed by atoms with Crippen LogP contribution >= 0.6 is 11.6 Å². The second-order valence-corrected chi connectivity index (χ2v) is 5.74. The smallest absolute Gasteiger partial charge is 0.0992 e. The third kappa shape index (κ3) is 6.50. The molecule has 0 aliphatic heterocycles. The molecule has 0 radical (unpaired) electrons. The lowest BCUT2D eigenvalue weighted by atomic mass is 10.0. The molecule has 0 bridgehead atoms. The summed E-state index contributed by atoms with van der Waals surface area (Å²) in [6, 6.07) is 7.45. The highest BCUT2D eigenvalue weighted by atomic mass is 35.5. The number of nitrogens with zero attached hydrogens (tertiary/aromatic N) is 1. The fourth-order valence-corrected chi connectivity index (χ4v) is 2.23. The van der Waals surface area contributed by atoms with Crippen molar-refractivity contribution in [3.05, 3.63) is 28.8 Å². The van der Waals surface area contributed by atoms with Crippen LogP contribution in [0.15, 0.2) is 18.2 Å². The van der Waals surface area contributed by atoms with E-state index >= 15 is 0 Å². The first-order valence-electron chi connectivity index (χ1n) is 7.07. The summed E-state index contributed by atoms with van der Waals surface area (Å²) in [5.74, 6) is 0.815. The van der Waals surface area contributed by atoms with Gasteiger partial charge in [0.05, 0.1) is 22.3 Å². The molecule has 104 valence electrons. The number of rotatable bonds is 8. The molecule has 0 atom stereocenters. The molecule has 2 nitrogen and oxygen atoms in total. The normalized spacial score (nSPS) is 10.5. The Morgan fingerprint density at radius 1 is 1.21 bits per heavy atom. The Kier molecular flexibility index (Phi) is 7.36. The van der Waals surface area contributed by atoms with E-state index in [0.29, 0.717) is 10.6 Å². The summed E-state index contributed by atoms with van der Waals surface area (Å²) in [6.07, 6.45) is 6.38. The minimum atomic E-state index is 0.601. The van der Waals surface area contributed by atoms with Crippen LogP contribution in [0.4, 0.5) is 5.69 Å². The number of nitriles is 1. The molecule has 1 rings (SSSR count). The Hall–Kier alpha value is -1.20. The van der Waals surface area contributed by atoms with Crippen LogP contribution in [-0.2, 0) is 0 Å². The van der Waals surface area contributed by atoms with Gasteiger partial charge < -0.3 is 5.32 Å². The maximum absolute atomic E-state index is 8.76. The SMILES string of the molecule is CC(C)CCCCCCNc1ccc(C#N)cc1Cl. The molecular formula is C16H23ClN2. The van der Waals surface area contributed by atoms with Crippen molar-refractivity contribution in [3.63, 3.8) is 0 Å². The van der Waals surface area contributed by atoms with Gasteiger partial charge in [-0.25, -0.2) is 0 Å². The van der Waals surface area contributed by atoms with Gasteiger partial charge in [-0.1, -0.05) is 51.1 Å². The van der Waals surface area contributed by atoms with Gasteiger partial charge in [0.1, 0.15) is 0 Å². The summed E-state index contributed by atoms with van der Waals surface area (Å²) in [5.41, 5.74) is 1.52. The number of hydrogen-bond donors (Lipinski definition) is 1. The molecule has 1 aromatic rings. The van der Waals surface area contributed by atoms with Crippen LogP contribution in [-0.4, -0.2) is 6.54 Å². The first-order chi connectivity index (χ1) is 9.13. The highest BCUT2D eigenvalue weighted by molar-refractivity contribution is 6.33. The summed E-state index contributed by atoms with van der Waals surface area (Å²) in [6.45, 7) is 5.48. The van der Waals surface area contributed by atoms with E-state index in [4.69, 9.17) is 16.9 Å². The molecule has 0 heterocycles. The van der Waals surface area contributed by atoms with Crippen LogP contribution in [0.25, 0.3) is 0 Å². The van der Waals surface area contributed by atoms with Crippen molar-refractivity contribution in [1.82, 2.24) is 0 Å². The van der Waals surface area contributed by atoms with E-state index in [2.05, 4.69) is 25.2 Å². The molecule has 0 aliphatic carbocycles. The highest BCUT2D eigenvalue weighted by Crippen LogP contribution is 2.22. The summed E-state index contributed by atoms with van der Waals surface area (Å²) >= 11 is 6.09. The van der Waals surface area contributed by atoms with E-state index in [1.165, 1.54) is 25.7 Å². The minimum absolute atomic E-state index is 0.601. The molecule has 0 amide bonds. The van der Waals surface area contributed by atoms with Gasteiger partial charge in [0.25, 0.3) is 0 Å². The Balaban J connectivity index is 2.18. The quantitative estimate of drug-likeness (QED) is 0.661. The van der Waals surface area contributed by atoms with Crippen molar-refractivity contribution in [2.75, 3.05) is 11.9 Å². The molecule has 0 saturated carbocycles. The Labute approximate surface area is 121 Å². The summed E-state index contributed by atoms with van der Waals surface area (Å²) in [4.78, 5) is 0. The lowest BCUT2D eigenvalue weighted by Crippen LogP contribution is -2.02. The van der Waals surface area contributed by atoms with E-state index in [9.17, 15) is 0 Å². The fourth-order valence-electron chi connectivity index (χ4n) is 1.98. The molecule has 0 aromatic heterocycles. The van der Waals surface area contributed by atoms with Crippen molar-refractivity contribution in [1.29, 1.82) is 5.26 Å². The summed E-state index contributed by atoms with van der Waals surface area (Å²) in [5, 5.41) is 12.7. The number of nitrogens with one attached hydrogen (secondary N) is 1. The second-order valence-electron chi connectivity index (χ2n) is 5.33. The van der Waals surface area contributed by atoms with E-state index in [-0.39, 0.29) is 0 Å². The van der Waals surface area contributed by atoms with Crippen LogP contribution in [0.1, 0.15) is 51.5 Å². The predicted molar refractivity (Wildman–Crippen MR) is 82.6 cm³/mol. The molecule has 0 saturated heterocycles. The molecule has 19 heavy (non-hydrogen) atoms. The van der Waals surface area contributed by atoms with Crippen molar-refractivity contribution in [2.24, 2.45) is 5.92 Å². The van der Waals surface area contributed by atoms with Crippen LogP contribution in [0.2, 0.25) is 5.02 Å². The zero-order chi connectivity index (χ0) is 14.1. The van der Waals surface area contributed by atoms with Gasteiger partial charge in [-0.05, 0) is 30.5 Å². The van der Waals surface area contributed by atoms with Gasteiger partial charge in [-0.15, -0.1) is 0 Å². The standard InChI is InChI=1S/C16H23ClN2/c1-13(2)7-5-3-4-6-10-19-16-9-8-14(12-18)11-15(16)17/h8-9,11,13,19H,3-7,10H2,1-2H3. The largest absolute Gasteiger partial charge is 0.384 e. The van der Waals surface area contributed by atoms with Crippen LogP contribution in [0, 0.1) is 17.2 Å². The molecule has 0 spiro atoms. The van der Waals surface area contributed by atoms with Crippen molar-refractivity contribution < 1.29 is 0 Å². The summed E-state index contributed by atoms with van der Waals surface area (Å²) in [7, 11) is 0. The zero-order valence-electron chi connectivity index (χ0n) is 11.9. The van der Waals surface area contributed by atoms with Gasteiger partial charge in [-0.2, -0.15) is 5.26 Å². The highest BCUT2D eigenvalue weighted by Gasteiger charge is 2.01. The number of hydrogen-bond acceptors (Lipinski definition) is 2. The number of halogens is 1. The Bertz CT molecular complexity index is 421. The third-order valence-electron chi connectivity index (χ3n) is 3.12. The molecule has 0 aliphatic rings. The van der Waals surface area contributed by atoms with E-state index in [1.54, 1.807) is 12.1 Å². The predicted octanol–water partition coefficient (Wildman–Crippen LogP) is 5.23. The Morgan fingerprint density at radius 2 is 1.95 bits per heavy atom. The zero-order valence-corrected chi connectivity index (χ0v) is 12.6. The molecular weight excluding hydrogens is 256 g/mol. The van der Waals surface area contributed by atoms with Crippen LogP contribution < -0.4 is 5.32 Å². The lowest BCUT2D eigenvalue weighted by molar-refractivity contribution is 0.523. The minimum Gasteiger partial charge on any atom is -0.384 e. The van der Waals surface area contributed by atoms with Gasteiger partial charge in [0.2, 0.25) is 0 Å². The topological polar surface area (TPSA) is 35.8 Å². The molecule has 1 N–H and O–H groups in total. The van der Waals surface area contributed by atoms with E-state index in [1.807, 2.05) is 6.07 Å². The Morgan fingerprint density at radius 3 is 2.58 bits per heavy atom. The average Bonchev–Trinajstić information content (AvgIpc) is 2.38. The van der Waals surface area contributed by atoms with Crippen molar-refractivity contribution in [2.45, 2.75) is 46.0 Å². The summed E-state index contributed by atoms with van der Waals surface area (Å²) < 4.78 is 0. The lowest BCUT2D eigenvalue weighted by Gasteiger charge is -2.09. The first-order valence-corrected chi connectivity index (χ1v) is 7.45. The van der Waals surface area contributed by atoms with Crippen LogP contribution in [0.5, 0.6) is 0 Å². The molecule has 1 aromatic carbocycles. The number of benzene rings is 1. The van der Waals surface area contributed by atoms with Crippen molar-refractivity contribution >= 4 is 17.3 Å². The van der Waals surface area contributed by atoms with E-state index in [0.717, 1.165) is 24.6 Å². The number of unbranched alkanes of at least 4 members (excludes halogenated alkanes) is 3. The molecule has 3 heteroatoms. The monoisotopic (exact) mass is 278 g/mol. The van der Waals surface area contributed by atoms with Crippen LogP contribution in [0.3, 0.4) is 0 Å². The van der Waals surface area contributed by atoms with Gasteiger partial charge in [0.15, 0.2) is 0 Å². The van der Waals surface area contributed by atoms with Gasteiger partial charge >= 0.3 is 0 Å². The molecule has 0 unspecified atom stereocenters. The first kappa shape index (κ1) is 15.9. The second kappa shape index (κ2) is 8.82. The number of anilines is 1. The van der Waals surface area contributed by atoms with Crippen molar-refractivity contribution in [3.8, 4) is 6.07 Å². The van der Waals surface area contributed by atoms with Gasteiger partial charge in [0, 0.05) is 6.54 Å². The van der Waals surface area contributed by atoms with E-state index < -0.39 is 0 Å². The fraction of sp³-hybridized carbons (Fsp3) is 0.562. The third-order valence-corrected chi connectivity index (χ3v) is 3.43. The molecule has 0 fully saturated rings.